The molecule has 27 heteroatoms. The van der Waals surface area contributed by atoms with Crippen molar-refractivity contribution in [1.29, 1.82) is 0 Å². The number of ether oxygens (including phenoxy) is 4. The van der Waals surface area contributed by atoms with Gasteiger partial charge in [0.1, 0.15) is 23.0 Å². The molecule has 0 saturated carbocycles. The Morgan fingerprint density at radius 3 is 1.66 bits per heavy atom. The van der Waals surface area contributed by atoms with Gasteiger partial charge in [-0.15, -0.1) is 0 Å². The number of nitrogens with one attached hydrogen (secondary N) is 2. The number of aromatic hydroxyl groups is 1. The monoisotopic (exact) mass is 1400 g/mol. The zero-order valence-electron chi connectivity index (χ0n) is 60.6. The maximum Gasteiger partial charge on any atom is 0.318 e. The first-order chi connectivity index (χ1) is 45.2. The number of benzene rings is 2. The molecular weight excluding hydrogens is 1290 g/mol. The quantitative estimate of drug-likeness (QED) is 0.00949. The van der Waals surface area contributed by atoms with Gasteiger partial charge in [-0.2, -0.15) is 0 Å². The van der Waals surface area contributed by atoms with Crippen LogP contribution in [-0.2, 0) is 72.2 Å². The van der Waals surface area contributed by atoms with Crippen LogP contribution >= 0.6 is 0 Å². The summed E-state index contributed by atoms with van der Waals surface area (Å²) in [5.41, 5.74) is -6.56. The van der Waals surface area contributed by atoms with Gasteiger partial charge in [0.15, 0.2) is 5.78 Å². The molecule has 0 spiro atoms. The van der Waals surface area contributed by atoms with E-state index in [2.05, 4.69) is 10.0 Å². The number of rotatable bonds is 40. The van der Waals surface area contributed by atoms with E-state index in [1.165, 1.54) is 39.8 Å². The van der Waals surface area contributed by atoms with E-state index in [0.29, 0.717) is 25.9 Å². The minimum absolute atomic E-state index is 0.0554. The number of aliphatic carboxylic acids is 3. The van der Waals surface area contributed by atoms with Gasteiger partial charge in [-0.05, 0) is 127 Å². The van der Waals surface area contributed by atoms with E-state index in [1.54, 1.807) is 88.5 Å². The second kappa shape index (κ2) is 33.7. The second-order valence-corrected chi connectivity index (χ2v) is 32.2. The van der Waals surface area contributed by atoms with Crippen LogP contribution in [0.25, 0.3) is 0 Å². The molecule has 2 heterocycles. The van der Waals surface area contributed by atoms with Crippen LogP contribution in [0.1, 0.15) is 156 Å². The van der Waals surface area contributed by atoms with E-state index in [9.17, 15) is 67.2 Å². The predicted octanol–water partition coefficient (Wildman–Crippen LogP) is 7.33. The Morgan fingerprint density at radius 2 is 1.17 bits per heavy atom. The summed E-state index contributed by atoms with van der Waals surface area (Å²) in [7, 11) is 3.83. The molecule has 4 rings (SSSR count). The number of cyclic esters (lactones) is 2. The van der Waals surface area contributed by atoms with Crippen molar-refractivity contribution in [3.63, 3.8) is 0 Å². The van der Waals surface area contributed by atoms with Crippen LogP contribution in [0.2, 0.25) is 0 Å². The first-order valence-electron chi connectivity index (χ1n) is 33.4. The molecular formula is C71H107N5O21S. The normalized spacial score (nSPS) is 19.2. The average Bonchev–Trinajstić information content (AvgIpc) is 1.52. The summed E-state index contributed by atoms with van der Waals surface area (Å²) in [5, 5.41) is 47.7. The lowest BCUT2D eigenvalue weighted by atomic mass is 9.57. The largest absolute Gasteiger partial charge is 0.507 e. The van der Waals surface area contributed by atoms with Crippen LogP contribution in [0.15, 0.2) is 41.3 Å². The highest BCUT2D eigenvalue weighted by molar-refractivity contribution is 7.89. The number of amides is 3. The lowest BCUT2D eigenvalue weighted by Crippen LogP contribution is -2.51. The standard InChI is InChI=1S/C71H107N5O21S/c1-20-67(5,6)54(65(90)96-33-29-73-98(92,93)50-34-43(48(77)35-49(50)94-19)56(78)42-26-24-40(3)25-27-42)46(61(84)85)39-70(11,12)53-44(58(80)76(59(53)81)32-23-31-75(17)18)36-69(9,10)52(57(79)72-28-22-30-74(15)16)45(60(82)83)37-71(13,14)55(64(89)95-21-2)47(62(86)87)38-68(7,8)51-41(4)63(88)97-66(51)91/h24-27,34-35,41,44-47,51-55,73,77H,20-23,28-33,36-39H2,1-19H3,(H,72,79)(H,82,83)(H,84,85)(H,86,87). The summed E-state index contributed by atoms with van der Waals surface area (Å²) in [6, 6.07) is 8.32. The number of phenols is 1. The molecule has 10 unspecified atom stereocenters. The summed E-state index contributed by atoms with van der Waals surface area (Å²) in [6.45, 7) is 21.8. The molecule has 0 radical (unpaired) electrons. The van der Waals surface area contributed by atoms with Crippen LogP contribution in [-0.4, -0.2) is 190 Å². The third kappa shape index (κ3) is 20.2. The minimum atomic E-state index is -4.58. The molecule has 548 valence electrons. The summed E-state index contributed by atoms with van der Waals surface area (Å²) < 4.78 is 51.7. The second-order valence-electron chi connectivity index (χ2n) is 30.4. The highest BCUT2D eigenvalue weighted by atomic mass is 32.2. The van der Waals surface area contributed by atoms with E-state index < -0.39 is 205 Å². The SMILES string of the molecule is CCOC(=O)C(C(CC(C)(C)C1C(=O)OC(=O)C1C)C(=O)O)C(C)(C)CC(C(=O)O)C(C(=O)NCCCN(C)C)C(C)(C)CC1C(=O)N(CCCN(C)C)C(=O)C1C(C)(C)CC(C(=O)O)C(C(=O)OCCNS(=O)(=O)c1cc(C(=O)c2ccc(C)cc2)c(O)cc1OC)C(C)(C)CC. The van der Waals surface area contributed by atoms with Crippen LogP contribution in [0, 0.1) is 93.2 Å². The first-order valence-corrected chi connectivity index (χ1v) is 34.9. The van der Waals surface area contributed by atoms with Gasteiger partial charge in [0.05, 0.1) is 78.5 Å². The highest BCUT2D eigenvalue weighted by Crippen LogP contribution is 2.55. The van der Waals surface area contributed by atoms with Crippen molar-refractivity contribution in [2.24, 2.45) is 86.3 Å². The number of nitrogens with zero attached hydrogens (tertiary/aromatic N) is 3. The number of ketones is 1. The number of hydrogen-bond donors (Lipinski definition) is 6. The van der Waals surface area contributed by atoms with Gasteiger partial charge >= 0.3 is 41.8 Å². The minimum Gasteiger partial charge on any atom is -0.507 e. The van der Waals surface area contributed by atoms with Crippen LogP contribution in [0.5, 0.6) is 11.5 Å². The molecule has 10 atom stereocenters. The topological polar surface area (TPSA) is 374 Å². The van der Waals surface area contributed by atoms with E-state index in [4.69, 9.17) is 18.9 Å². The van der Waals surface area contributed by atoms with Crippen LogP contribution in [0.3, 0.4) is 0 Å². The zero-order valence-corrected chi connectivity index (χ0v) is 61.4. The van der Waals surface area contributed by atoms with Crippen molar-refractivity contribution in [3.05, 3.63) is 53.1 Å². The van der Waals surface area contributed by atoms with Crippen molar-refractivity contribution in [2.45, 2.75) is 147 Å². The maximum absolute atomic E-state index is 15.3. The van der Waals surface area contributed by atoms with Gasteiger partial charge in [0.2, 0.25) is 27.7 Å². The predicted molar refractivity (Wildman–Crippen MR) is 360 cm³/mol. The van der Waals surface area contributed by atoms with Crippen molar-refractivity contribution in [2.75, 3.05) is 81.2 Å². The molecule has 26 nitrogen and oxygen atoms in total. The van der Waals surface area contributed by atoms with Crippen molar-refractivity contribution < 1.29 is 101 Å². The molecule has 2 aliphatic heterocycles. The van der Waals surface area contributed by atoms with Gasteiger partial charge in [-0.3, -0.25) is 57.6 Å². The number of phenolic OH excluding ortho intramolecular Hbond substituents is 1. The maximum atomic E-state index is 15.3. The van der Waals surface area contributed by atoms with Crippen LogP contribution < -0.4 is 14.8 Å². The van der Waals surface area contributed by atoms with Gasteiger partial charge < -0.3 is 54.5 Å². The fourth-order valence-electron chi connectivity index (χ4n) is 14.8. The molecule has 98 heavy (non-hydrogen) atoms. The average molecular weight is 1400 g/mol. The molecule has 2 aromatic carbocycles. The lowest BCUT2D eigenvalue weighted by molar-refractivity contribution is -0.168. The molecule has 0 aliphatic carbocycles. The Hall–Kier alpha value is -7.36. The van der Waals surface area contributed by atoms with Crippen molar-refractivity contribution >= 4 is 75.3 Å². The number of aryl methyl sites for hydroxylation is 1. The van der Waals surface area contributed by atoms with Crippen molar-refractivity contribution in [3.8, 4) is 11.5 Å². The number of likely N-dealkylation sites (tertiary alicyclic amines) is 1. The van der Waals surface area contributed by atoms with Gasteiger partial charge in [0.25, 0.3) is 0 Å². The number of hydrogen-bond acceptors (Lipinski definition) is 20. The smallest absolute Gasteiger partial charge is 0.318 e. The fourth-order valence-corrected chi connectivity index (χ4v) is 16.0. The van der Waals surface area contributed by atoms with Gasteiger partial charge in [-0.1, -0.05) is 119 Å². The number of carbonyl (C=O) groups excluding carboxylic acids is 8. The molecule has 2 fully saturated rings. The third-order valence-corrected chi connectivity index (χ3v) is 21.5. The Morgan fingerprint density at radius 1 is 0.663 bits per heavy atom. The summed E-state index contributed by atoms with van der Waals surface area (Å²) in [5.74, 6) is -26.4. The number of esters is 4. The Labute approximate surface area is 577 Å². The van der Waals surface area contributed by atoms with Gasteiger partial charge in [0, 0.05) is 31.3 Å². The highest BCUT2D eigenvalue weighted by Gasteiger charge is 2.60. The van der Waals surface area contributed by atoms with E-state index in [1.807, 2.05) is 30.8 Å². The summed E-state index contributed by atoms with van der Waals surface area (Å²) in [6.07, 6.45) is -0.823. The Balaban J connectivity index is 1.82. The van der Waals surface area contributed by atoms with Crippen LogP contribution in [0.4, 0.5) is 0 Å². The fraction of sp³-hybridized carbons (Fsp3) is 0.676. The lowest BCUT2D eigenvalue weighted by Gasteiger charge is -2.45. The number of methoxy groups -OCH3 is 1. The Bertz CT molecular complexity index is 3380. The number of imide groups is 1. The van der Waals surface area contributed by atoms with E-state index in [-0.39, 0.29) is 49.4 Å². The van der Waals surface area contributed by atoms with E-state index in [0.717, 1.165) is 29.7 Å². The number of carboxylic acid groups (broad SMARTS) is 3. The number of sulfonamides is 1. The molecule has 6 N–H and O–H groups in total. The summed E-state index contributed by atoms with van der Waals surface area (Å²) >= 11 is 0. The molecule has 2 saturated heterocycles. The number of carboxylic acids is 3. The zero-order chi connectivity index (χ0) is 74.7. The van der Waals surface area contributed by atoms with Crippen molar-refractivity contribution in [1.82, 2.24) is 24.7 Å². The molecule has 3 amide bonds. The molecule has 0 bridgehead atoms. The Kier molecular flexibility index (Phi) is 28.5. The molecule has 2 aromatic rings. The number of carbonyl (C=O) groups is 11. The van der Waals surface area contributed by atoms with Gasteiger partial charge in [-0.25, -0.2) is 13.1 Å². The first kappa shape index (κ1) is 83.1. The molecule has 2 aliphatic rings. The third-order valence-electron chi connectivity index (χ3n) is 20.0. The van der Waals surface area contributed by atoms with E-state index >= 15 is 14.4 Å². The summed E-state index contributed by atoms with van der Waals surface area (Å²) in [4.78, 5) is 160. The molecule has 0 aromatic heterocycles.